The Labute approximate surface area is 90.9 Å². The Kier molecular flexibility index (Phi) is 3.06. The SMILES string of the molecule is N#Cc1ccc(I)c(F)c1I. The fraction of sp³-hybridized carbons (Fsp3) is 0. The van der Waals surface area contributed by atoms with E-state index in [4.69, 9.17) is 5.26 Å². The maximum absolute atomic E-state index is 13.0. The van der Waals surface area contributed by atoms with Crippen molar-refractivity contribution in [3.05, 3.63) is 30.7 Å². The van der Waals surface area contributed by atoms with Crippen molar-refractivity contribution >= 4 is 45.2 Å². The Balaban J connectivity index is 3.40. The van der Waals surface area contributed by atoms with Gasteiger partial charge in [-0.15, -0.1) is 0 Å². The number of nitriles is 1. The topological polar surface area (TPSA) is 23.8 Å². The number of hydrogen-bond acceptors (Lipinski definition) is 1. The van der Waals surface area contributed by atoms with Crippen LogP contribution in [-0.4, -0.2) is 0 Å². The highest BCUT2D eigenvalue weighted by molar-refractivity contribution is 14.1. The first-order valence-corrected chi connectivity index (χ1v) is 4.86. The second-order valence-corrected chi connectivity index (χ2v) is 4.08. The largest absolute Gasteiger partial charge is 0.205 e. The highest BCUT2D eigenvalue weighted by Crippen LogP contribution is 2.20. The molecule has 4 heteroatoms. The average Bonchev–Trinajstić information content (AvgIpc) is 2.01. The molecule has 0 amide bonds. The van der Waals surface area contributed by atoms with E-state index in [1.165, 1.54) is 0 Å². The second kappa shape index (κ2) is 3.67. The van der Waals surface area contributed by atoms with E-state index >= 15 is 0 Å². The van der Waals surface area contributed by atoms with Crippen LogP contribution in [0.1, 0.15) is 5.56 Å². The van der Waals surface area contributed by atoms with Gasteiger partial charge in [-0.25, -0.2) is 4.39 Å². The van der Waals surface area contributed by atoms with Gasteiger partial charge >= 0.3 is 0 Å². The van der Waals surface area contributed by atoms with Crippen molar-refractivity contribution in [2.24, 2.45) is 0 Å². The van der Waals surface area contributed by atoms with Crippen LogP contribution in [0.5, 0.6) is 0 Å². The van der Waals surface area contributed by atoms with Gasteiger partial charge in [0.25, 0.3) is 0 Å². The molecular weight excluding hydrogens is 371 g/mol. The highest BCUT2D eigenvalue weighted by atomic mass is 127. The first-order valence-electron chi connectivity index (χ1n) is 2.70. The lowest BCUT2D eigenvalue weighted by molar-refractivity contribution is 0.612. The van der Waals surface area contributed by atoms with E-state index in [1.54, 1.807) is 12.1 Å². The Morgan fingerprint density at radius 2 is 2.00 bits per heavy atom. The van der Waals surface area contributed by atoms with E-state index < -0.39 is 0 Å². The maximum atomic E-state index is 13.0. The van der Waals surface area contributed by atoms with Gasteiger partial charge in [-0.1, -0.05) is 0 Å². The van der Waals surface area contributed by atoms with Crippen LogP contribution < -0.4 is 0 Å². The molecule has 0 N–H and O–H groups in total. The minimum absolute atomic E-state index is 0.301. The molecule has 0 unspecified atom stereocenters. The van der Waals surface area contributed by atoms with E-state index in [0.717, 1.165) is 0 Å². The Bertz CT molecular complexity index is 330. The summed E-state index contributed by atoms with van der Waals surface area (Å²) >= 11 is 3.72. The predicted octanol–water partition coefficient (Wildman–Crippen LogP) is 2.91. The lowest BCUT2D eigenvalue weighted by Gasteiger charge is -1.97. The normalized spacial score (nSPS) is 9.27. The molecule has 0 fully saturated rings. The van der Waals surface area contributed by atoms with E-state index in [2.05, 4.69) is 0 Å². The van der Waals surface area contributed by atoms with Crippen LogP contribution in [0, 0.1) is 24.3 Å². The van der Waals surface area contributed by atoms with Crippen molar-refractivity contribution in [1.82, 2.24) is 0 Å². The summed E-state index contributed by atoms with van der Waals surface area (Å²) in [6.07, 6.45) is 0. The summed E-state index contributed by atoms with van der Waals surface area (Å²) in [5.74, 6) is -0.301. The average molecular weight is 373 g/mol. The van der Waals surface area contributed by atoms with Crippen LogP contribution in [0.4, 0.5) is 4.39 Å². The number of halogens is 3. The van der Waals surface area contributed by atoms with E-state index in [-0.39, 0.29) is 5.82 Å². The lowest BCUT2D eigenvalue weighted by atomic mass is 10.2. The molecule has 0 heterocycles. The van der Waals surface area contributed by atoms with Gasteiger partial charge in [0, 0.05) is 3.57 Å². The monoisotopic (exact) mass is 373 g/mol. The van der Waals surface area contributed by atoms with Crippen molar-refractivity contribution in [2.75, 3.05) is 0 Å². The van der Waals surface area contributed by atoms with E-state index in [1.807, 2.05) is 51.3 Å². The summed E-state index contributed by atoms with van der Waals surface area (Å²) in [7, 11) is 0. The van der Waals surface area contributed by atoms with Crippen molar-refractivity contribution in [2.45, 2.75) is 0 Å². The lowest BCUT2D eigenvalue weighted by Crippen LogP contribution is -1.90. The third-order valence-corrected chi connectivity index (χ3v) is 3.04. The molecule has 56 valence electrons. The molecule has 0 atom stereocenters. The Morgan fingerprint density at radius 1 is 1.36 bits per heavy atom. The summed E-state index contributed by atoms with van der Waals surface area (Å²) in [6.45, 7) is 0. The number of nitrogens with zero attached hydrogens (tertiary/aromatic N) is 1. The predicted molar refractivity (Wildman–Crippen MR) is 56.5 cm³/mol. The molecule has 1 aromatic rings. The molecule has 0 saturated heterocycles. The molecule has 1 aromatic carbocycles. The molecule has 11 heavy (non-hydrogen) atoms. The van der Waals surface area contributed by atoms with E-state index in [9.17, 15) is 4.39 Å². The van der Waals surface area contributed by atoms with Crippen LogP contribution in [-0.2, 0) is 0 Å². The van der Waals surface area contributed by atoms with Crippen LogP contribution in [0.3, 0.4) is 0 Å². The fourth-order valence-electron chi connectivity index (χ4n) is 0.612. The quantitative estimate of drug-likeness (QED) is 0.507. The van der Waals surface area contributed by atoms with E-state index in [0.29, 0.717) is 12.7 Å². The maximum Gasteiger partial charge on any atom is 0.151 e. The third kappa shape index (κ3) is 1.82. The highest BCUT2D eigenvalue weighted by Gasteiger charge is 2.07. The zero-order valence-corrected chi connectivity index (χ0v) is 9.55. The zero-order valence-electron chi connectivity index (χ0n) is 5.24. The fourth-order valence-corrected chi connectivity index (χ4v) is 2.17. The van der Waals surface area contributed by atoms with Crippen molar-refractivity contribution in [1.29, 1.82) is 5.26 Å². The summed E-state index contributed by atoms with van der Waals surface area (Å²) < 4.78 is 14.0. The molecule has 0 radical (unpaired) electrons. The first kappa shape index (κ1) is 9.19. The first-order chi connectivity index (χ1) is 5.16. The van der Waals surface area contributed by atoms with Gasteiger partial charge in [0.2, 0.25) is 0 Å². The van der Waals surface area contributed by atoms with Gasteiger partial charge in [0.1, 0.15) is 6.07 Å². The standard InChI is InChI=1S/C7H2FI2N/c8-6-5(9)2-1-4(3-11)7(6)10/h1-2H. The van der Waals surface area contributed by atoms with Crippen molar-refractivity contribution in [3.8, 4) is 6.07 Å². The Morgan fingerprint density at radius 3 is 2.55 bits per heavy atom. The molecule has 1 rings (SSSR count). The Hall–Kier alpha value is 0.100. The minimum atomic E-state index is -0.301. The van der Waals surface area contributed by atoms with Crippen LogP contribution in [0.2, 0.25) is 0 Å². The molecule has 0 aliphatic rings. The smallest absolute Gasteiger partial charge is 0.151 e. The summed E-state index contributed by atoms with van der Waals surface area (Å²) in [4.78, 5) is 0. The molecule has 0 spiro atoms. The van der Waals surface area contributed by atoms with Gasteiger partial charge < -0.3 is 0 Å². The van der Waals surface area contributed by atoms with Gasteiger partial charge in [0.05, 0.1) is 9.13 Å². The summed E-state index contributed by atoms with van der Waals surface area (Å²) in [6, 6.07) is 5.12. The van der Waals surface area contributed by atoms with Crippen LogP contribution in [0.25, 0.3) is 0 Å². The number of rotatable bonds is 0. The van der Waals surface area contributed by atoms with Gasteiger partial charge in [-0.2, -0.15) is 5.26 Å². The third-order valence-electron chi connectivity index (χ3n) is 1.16. The van der Waals surface area contributed by atoms with Crippen LogP contribution >= 0.6 is 45.2 Å². The van der Waals surface area contributed by atoms with Crippen molar-refractivity contribution < 1.29 is 4.39 Å². The molecular formula is C7H2FI2N. The van der Waals surface area contributed by atoms with Crippen LogP contribution in [0.15, 0.2) is 12.1 Å². The minimum Gasteiger partial charge on any atom is -0.205 e. The number of benzene rings is 1. The molecule has 0 saturated carbocycles. The molecule has 0 aliphatic carbocycles. The summed E-state index contributed by atoms with van der Waals surface area (Å²) in [5, 5.41) is 8.51. The summed E-state index contributed by atoms with van der Waals surface area (Å²) in [5.41, 5.74) is 0.392. The number of hydrogen-bond donors (Lipinski definition) is 0. The molecule has 1 nitrogen and oxygen atoms in total. The zero-order chi connectivity index (χ0) is 8.43. The molecule has 0 bridgehead atoms. The second-order valence-electron chi connectivity index (χ2n) is 1.83. The van der Waals surface area contributed by atoms with Gasteiger partial charge in [0.15, 0.2) is 5.82 Å². The van der Waals surface area contributed by atoms with Crippen molar-refractivity contribution in [3.63, 3.8) is 0 Å². The molecule has 0 aliphatic heterocycles. The van der Waals surface area contributed by atoms with Gasteiger partial charge in [-0.05, 0) is 57.3 Å². The van der Waals surface area contributed by atoms with Gasteiger partial charge in [-0.3, -0.25) is 0 Å². The molecule has 0 aromatic heterocycles.